The Hall–Kier alpha value is -0.900. The molecule has 0 amide bonds. The summed E-state index contributed by atoms with van der Waals surface area (Å²) in [6, 6.07) is 4.69. The van der Waals surface area contributed by atoms with Crippen molar-refractivity contribution < 1.29 is 8.91 Å². The van der Waals surface area contributed by atoms with E-state index in [2.05, 4.69) is 21.1 Å². The molecule has 0 unspecified atom stereocenters. The Bertz CT molecular complexity index is 398. The van der Waals surface area contributed by atoms with Crippen LogP contribution < -0.4 is 0 Å². The molecule has 1 heterocycles. The maximum absolute atomic E-state index is 12.9. The summed E-state index contributed by atoms with van der Waals surface area (Å²) in [5.41, 5.74) is 0.263. The third-order valence-electron chi connectivity index (χ3n) is 1.42. The van der Waals surface area contributed by atoms with Gasteiger partial charge in [-0.3, -0.25) is 0 Å². The van der Waals surface area contributed by atoms with Gasteiger partial charge in [-0.2, -0.15) is 0 Å². The summed E-state index contributed by atoms with van der Waals surface area (Å²) in [7, 11) is 0. The Kier molecular flexibility index (Phi) is 1.42. The quantitative estimate of drug-likeness (QED) is 0.676. The molecule has 0 fully saturated rings. The molecule has 0 radical (unpaired) electrons. The number of rotatable bonds is 0. The maximum Gasteiger partial charge on any atom is 0.209 e. The van der Waals surface area contributed by atoms with Crippen molar-refractivity contribution in [2.24, 2.45) is 0 Å². The Morgan fingerprint density at radius 2 is 2.27 bits per heavy atom. The molecule has 2 rings (SSSR count). The van der Waals surface area contributed by atoms with Crippen LogP contribution in [0.15, 0.2) is 27.4 Å². The summed E-state index contributed by atoms with van der Waals surface area (Å²) in [6.45, 7) is 0. The first-order valence-electron chi connectivity index (χ1n) is 2.98. The molecule has 4 heteroatoms. The Labute approximate surface area is 70.1 Å². The van der Waals surface area contributed by atoms with E-state index in [0.717, 1.165) is 0 Å². The fourth-order valence-electron chi connectivity index (χ4n) is 0.902. The van der Waals surface area contributed by atoms with Gasteiger partial charge < -0.3 is 4.52 Å². The van der Waals surface area contributed by atoms with E-state index in [-0.39, 0.29) is 11.3 Å². The van der Waals surface area contributed by atoms with Crippen LogP contribution in [-0.4, -0.2) is 5.16 Å². The monoisotopic (exact) mass is 215 g/mol. The van der Waals surface area contributed by atoms with Crippen LogP contribution in [-0.2, 0) is 0 Å². The summed E-state index contributed by atoms with van der Waals surface area (Å²) in [5.74, 6) is -0.364. The van der Waals surface area contributed by atoms with Crippen LogP contribution in [0.1, 0.15) is 0 Å². The van der Waals surface area contributed by atoms with E-state index in [1.165, 1.54) is 6.07 Å². The molecule has 56 valence electrons. The zero-order valence-electron chi connectivity index (χ0n) is 5.34. The molecule has 0 aliphatic rings. The van der Waals surface area contributed by atoms with Crippen LogP contribution >= 0.6 is 15.9 Å². The summed E-state index contributed by atoms with van der Waals surface area (Å²) in [4.78, 5) is 0. The lowest BCUT2D eigenvalue weighted by Crippen LogP contribution is -1.74. The first kappa shape index (κ1) is 6.79. The van der Waals surface area contributed by atoms with E-state index < -0.39 is 0 Å². The van der Waals surface area contributed by atoms with Gasteiger partial charge in [0, 0.05) is 0 Å². The average molecular weight is 216 g/mol. The number of aromatic nitrogens is 1. The van der Waals surface area contributed by atoms with Gasteiger partial charge in [0.25, 0.3) is 0 Å². The van der Waals surface area contributed by atoms with E-state index in [1.54, 1.807) is 12.1 Å². The third-order valence-corrected chi connectivity index (χ3v) is 1.99. The van der Waals surface area contributed by atoms with Crippen molar-refractivity contribution in [3.05, 3.63) is 28.7 Å². The Morgan fingerprint density at radius 3 is 3.00 bits per heavy atom. The summed E-state index contributed by atoms with van der Waals surface area (Å²) >= 11 is 3.11. The van der Waals surface area contributed by atoms with Crippen molar-refractivity contribution in [2.45, 2.75) is 0 Å². The highest BCUT2D eigenvalue weighted by molar-refractivity contribution is 9.10. The number of benzene rings is 1. The highest BCUT2D eigenvalue weighted by atomic mass is 79.9. The number of nitrogens with zero attached hydrogens (tertiary/aromatic N) is 1. The Balaban J connectivity index is 2.94. The fourth-order valence-corrected chi connectivity index (χ4v) is 1.29. The molecule has 0 saturated carbocycles. The second-order valence-corrected chi connectivity index (χ2v) is 2.81. The van der Waals surface area contributed by atoms with Crippen LogP contribution in [0.3, 0.4) is 0 Å². The molecule has 11 heavy (non-hydrogen) atoms. The van der Waals surface area contributed by atoms with Gasteiger partial charge in [0.2, 0.25) is 4.67 Å². The average Bonchev–Trinajstić information content (AvgIpc) is 2.35. The van der Waals surface area contributed by atoms with E-state index in [1.807, 2.05) is 0 Å². The Morgan fingerprint density at radius 1 is 1.45 bits per heavy atom. The van der Waals surface area contributed by atoms with Gasteiger partial charge in [0.05, 0.1) is 5.39 Å². The van der Waals surface area contributed by atoms with Crippen LogP contribution in [0.5, 0.6) is 0 Å². The van der Waals surface area contributed by atoms with Crippen molar-refractivity contribution in [3.8, 4) is 0 Å². The van der Waals surface area contributed by atoms with Gasteiger partial charge in [0.15, 0.2) is 11.3 Å². The number of halogens is 2. The van der Waals surface area contributed by atoms with E-state index in [4.69, 9.17) is 4.52 Å². The lowest BCUT2D eigenvalue weighted by Gasteiger charge is -1.85. The standard InChI is InChI=1S/C7H3BrFNO/c8-7-4-2-1-3-5(9)6(4)10-11-7/h1-3H. The largest absolute Gasteiger partial charge is 0.348 e. The number of hydrogen-bond acceptors (Lipinski definition) is 2. The number of fused-ring (bicyclic) bond motifs is 1. The van der Waals surface area contributed by atoms with Gasteiger partial charge in [-0.25, -0.2) is 4.39 Å². The lowest BCUT2D eigenvalue weighted by atomic mass is 10.2. The van der Waals surface area contributed by atoms with Gasteiger partial charge in [-0.05, 0) is 28.1 Å². The smallest absolute Gasteiger partial charge is 0.209 e. The highest BCUT2D eigenvalue weighted by Crippen LogP contribution is 2.24. The minimum atomic E-state index is -0.364. The predicted molar refractivity (Wildman–Crippen MR) is 41.7 cm³/mol. The van der Waals surface area contributed by atoms with Crippen molar-refractivity contribution >= 4 is 26.8 Å². The predicted octanol–water partition coefficient (Wildman–Crippen LogP) is 2.73. The molecule has 0 atom stereocenters. The van der Waals surface area contributed by atoms with E-state index >= 15 is 0 Å². The zero-order valence-corrected chi connectivity index (χ0v) is 6.93. The molecule has 0 N–H and O–H groups in total. The maximum atomic E-state index is 12.9. The van der Waals surface area contributed by atoms with Crippen LogP contribution in [0.25, 0.3) is 10.9 Å². The second kappa shape index (κ2) is 2.30. The van der Waals surface area contributed by atoms with Gasteiger partial charge in [-0.15, -0.1) is 0 Å². The fraction of sp³-hybridized carbons (Fsp3) is 0. The summed E-state index contributed by atoms with van der Waals surface area (Å²) in [6.07, 6.45) is 0. The first-order chi connectivity index (χ1) is 5.29. The SMILES string of the molecule is Fc1cccc2c(Br)onc12. The molecular weight excluding hydrogens is 213 g/mol. The van der Waals surface area contributed by atoms with Gasteiger partial charge >= 0.3 is 0 Å². The minimum absolute atomic E-state index is 0.263. The highest BCUT2D eigenvalue weighted by Gasteiger charge is 2.07. The van der Waals surface area contributed by atoms with Crippen LogP contribution in [0.4, 0.5) is 4.39 Å². The molecule has 1 aromatic carbocycles. The van der Waals surface area contributed by atoms with Crippen molar-refractivity contribution in [1.29, 1.82) is 0 Å². The zero-order chi connectivity index (χ0) is 7.84. The summed E-state index contributed by atoms with van der Waals surface area (Å²) < 4.78 is 18.0. The van der Waals surface area contributed by atoms with Gasteiger partial charge in [-0.1, -0.05) is 11.2 Å². The van der Waals surface area contributed by atoms with Crippen molar-refractivity contribution in [3.63, 3.8) is 0 Å². The molecule has 0 bridgehead atoms. The normalized spacial score (nSPS) is 10.7. The van der Waals surface area contributed by atoms with E-state index in [0.29, 0.717) is 10.1 Å². The topological polar surface area (TPSA) is 26.0 Å². The lowest BCUT2D eigenvalue weighted by molar-refractivity contribution is 0.406. The molecule has 0 aliphatic heterocycles. The molecule has 2 aromatic rings. The van der Waals surface area contributed by atoms with Gasteiger partial charge in [0.1, 0.15) is 0 Å². The van der Waals surface area contributed by atoms with Crippen LogP contribution in [0.2, 0.25) is 0 Å². The molecule has 0 saturated heterocycles. The molecule has 0 aliphatic carbocycles. The van der Waals surface area contributed by atoms with Crippen molar-refractivity contribution in [2.75, 3.05) is 0 Å². The van der Waals surface area contributed by atoms with E-state index in [9.17, 15) is 4.39 Å². The second-order valence-electron chi connectivity index (χ2n) is 2.09. The molecule has 1 aromatic heterocycles. The minimum Gasteiger partial charge on any atom is -0.348 e. The number of hydrogen-bond donors (Lipinski definition) is 0. The van der Waals surface area contributed by atoms with Crippen molar-refractivity contribution in [1.82, 2.24) is 5.16 Å². The third kappa shape index (κ3) is 0.939. The van der Waals surface area contributed by atoms with Crippen LogP contribution in [0, 0.1) is 5.82 Å². The molecule has 0 spiro atoms. The molecular formula is C7H3BrFNO. The first-order valence-corrected chi connectivity index (χ1v) is 3.78. The summed E-state index contributed by atoms with van der Waals surface area (Å²) in [5, 5.41) is 4.18. The molecule has 2 nitrogen and oxygen atoms in total.